The highest BCUT2D eigenvalue weighted by Crippen LogP contribution is 2.41. The zero-order chi connectivity index (χ0) is 44.7. The van der Waals surface area contributed by atoms with E-state index in [9.17, 15) is 10.2 Å². The molecule has 65 heavy (non-hydrogen) atoms. The number of anilines is 2. The molecule has 0 amide bonds. The molecular formula is C55H60N4O6. The van der Waals surface area contributed by atoms with Gasteiger partial charge in [0.05, 0.1) is 13.2 Å². The number of aliphatic hydroxyl groups excluding tert-OH is 2. The Morgan fingerprint density at radius 3 is 1.08 bits per heavy atom. The van der Waals surface area contributed by atoms with E-state index in [0.717, 1.165) is 78.1 Å². The van der Waals surface area contributed by atoms with Crippen LogP contribution in [0.5, 0.6) is 23.0 Å². The van der Waals surface area contributed by atoms with Gasteiger partial charge >= 0.3 is 0 Å². The summed E-state index contributed by atoms with van der Waals surface area (Å²) in [5.41, 5.74) is 14.0. The number of β-amino-alcohol motifs (C(OH)–C–C–N with tert-alkyl or cyclic N) is 2. The Labute approximate surface area is 383 Å². The van der Waals surface area contributed by atoms with Gasteiger partial charge in [-0.1, -0.05) is 76.2 Å². The van der Waals surface area contributed by atoms with E-state index in [1.807, 2.05) is 0 Å². The van der Waals surface area contributed by atoms with Crippen LogP contribution in [0.4, 0.5) is 11.4 Å². The molecule has 10 heteroatoms. The number of nitrogens with zero attached hydrogens (tertiary/aromatic N) is 4. The highest BCUT2D eigenvalue weighted by Gasteiger charge is 2.30. The second-order valence-corrected chi connectivity index (χ2v) is 19.1. The predicted molar refractivity (Wildman–Crippen MR) is 255 cm³/mol. The lowest BCUT2D eigenvalue weighted by molar-refractivity contribution is 0.0770. The lowest BCUT2D eigenvalue weighted by atomic mass is 9.77. The summed E-state index contributed by atoms with van der Waals surface area (Å²) >= 11 is 0. The third kappa shape index (κ3) is 8.76. The molecule has 6 aromatic carbocycles. The molecule has 4 aliphatic heterocycles. The molecule has 0 radical (unpaired) electrons. The molecule has 336 valence electrons. The minimum atomic E-state index is -0.230. The average Bonchev–Trinajstić information content (AvgIpc) is 3.33. The molecule has 0 fully saturated rings. The number of hydrogen-bond acceptors (Lipinski definition) is 10. The van der Waals surface area contributed by atoms with Gasteiger partial charge in [-0.25, -0.2) is 0 Å². The van der Waals surface area contributed by atoms with Crippen LogP contribution in [0.3, 0.4) is 0 Å². The molecule has 10 rings (SSSR count). The van der Waals surface area contributed by atoms with Gasteiger partial charge in [0.25, 0.3) is 0 Å². The first-order valence-electron chi connectivity index (χ1n) is 22.9. The van der Waals surface area contributed by atoms with Crippen molar-refractivity contribution in [2.45, 2.75) is 71.1 Å². The second-order valence-electron chi connectivity index (χ2n) is 19.1. The van der Waals surface area contributed by atoms with Crippen molar-refractivity contribution < 1.29 is 29.2 Å². The SMILES string of the molecule is CC(C)(c1ccc2c(c1)CN(CCO)CO2)c1ccc2c(c1)CN(c1ccc(Cc3ccc(N4COc5ccc(C(C)(C)c6ccc7c(c6)CN(CCO)CO7)cc5C4)cc3)cc1)CO2. The monoisotopic (exact) mass is 872 g/mol. The molecule has 0 bridgehead atoms. The normalized spacial score (nSPS) is 16.3. The Balaban J connectivity index is 0.768. The van der Waals surface area contributed by atoms with E-state index in [-0.39, 0.29) is 24.0 Å². The Morgan fingerprint density at radius 1 is 0.415 bits per heavy atom. The smallest absolute Gasteiger partial charge is 0.161 e. The lowest BCUT2D eigenvalue weighted by Crippen LogP contribution is -2.34. The van der Waals surface area contributed by atoms with Crippen LogP contribution >= 0.6 is 0 Å². The summed E-state index contributed by atoms with van der Waals surface area (Å²) in [5.74, 6) is 3.74. The molecule has 0 saturated heterocycles. The van der Waals surface area contributed by atoms with Crippen molar-refractivity contribution in [1.29, 1.82) is 0 Å². The summed E-state index contributed by atoms with van der Waals surface area (Å²) in [7, 11) is 0. The molecule has 10 nitrogen and oxygen atoms in total. The molecular weight excluding hydrogens is 813 g/mol. The number of benzene rings is 6. The highest BCUT2D eigenvalue weighted by atomic mass is 16.5. The molecule has 2 N–H and O–H groups in total. The van der Waals surface area contributed by atoms with Gasteiger partial charge in [-0.05, 0) is 113 Å². The van der Waals surface area contributed by atoms with Crippen LogP contribution in [0, 0.1) is 0 Å². The molecule has 0 aromatic heterocycles. The number of hydrogen-bond donors (Lipinski definition) is 2. The fourth-order valence-electron chi connectivity index (χ4n) is 9.74. The summed E-state index contributed by atoms with van der Waals surface area (Å²) in [6.07, 6.45) is 0.846. The van der Waals surface area contributed by atoms with Crippen molar-refractivity contribution in [3.05, 3.63) is 177 Å². The highest BCUT2D eigenvalue weighted by molar-refractivity contribution is 5.56. The molecule has 0 spiro atoms. The maximum absolute atomic E-state index is 9.46. The summed E-state index contributed by atoms with van der Waals surface area (Å²) in [6.45, 7) is 15.7. The largest absolute Gasteiger partial charge is 0.478 e. The van der Waals surface area contributed by atoms with E-state index in [1.54, 1.807) is 0 Å². The molecule has 0 aliphatic carbocycles. The predicted octanol–water partition coefficient (Wildman–Crippen LogP) is 8.93. The molecule has 6 aromatic rings. The number of fused-ring (bicyclic) bond motifs is 4. The van der Waals surface area contributed by atoms with Crippen LogP contribution in [-0.4, -0.2) is 73.2 Å². The molecule has 4 aliphatic rings. The van der Waals surface area contributed by atoms with E-state index >= 15 is 0 Å². The minimum absolute atomic E-state index is 0.120. The van der Waals surface area contributed by atoms with Crippen molar-refractivity contribution >= 4 is 11.4 Å². The van der Waals surface area contributed by atoms with E-state index in [0.29, 0.717) is 40.0 Å². The zero-order valence-electron chi connectivity index (χ0n) is 38.1. The Morgan fingerprint density at radius 2 is 0.738 bits per heavy atom. The second kappa shape index (κ2) is 17.7. The standard InChI is InChI=1S/C55H60N4O6/c1-54(2,44-9-17-50-40(26-44)30-56(21-23-60)34-62-50)46-11-19-52-42(28-46)32-58(36-64-52)48-13-5-38(6-14-48)25-39-7-15-49(16-8-39)59-33-43-29-47(12-20-53(43)65-37-59)55(3,4)45-10-18-51-41(27-45)31-57(22-24-61)35-63-51/h5-20,26-29,60-61H,21-25,30-37H2,1-4H3. The van der Waals surface area contributed by atoms with Crippen LogP contribution < -0.4 is 28.7 Å². The van der Waals surface area contributed by atoms with Crippen molar-refractivity contribution in [2.24, 2.45) is 0 Å². The van der Waals surface area contributed by atoms with Crippen molar-refractivity contribution in [1.82, 2.24) is 9.80 Å². The van der Waals surface area contributed by atoms with Crippen LogP contribution in [0.15, 0.2) is 121 Å². The minimum Gasteiger partial charge on any atom is -0.478 e. The van der Waals surface area contributed by atoms with E-state index in [2.05, 4.69) is 169 Å². The Bertz CT molecular complexity index is 2480. The summed E-state index contributed by atoms with van der Waals surface area (Å²) in [4.78, 5) is 8.84. The summed E-state index contributed by atoms with van der Waals surface area (Å²) in [5, 5.41) is 18.9. The Kier molecular flexibility index (Phi) is 11.7. The van der Waals surface area contributed by atoms with Gasteiger partial charge in [0, 0.05) is 83.7 Å². The van der Waals surface area contributed by atoms with Gasteiger partial charge in [-0.15, -0.1) is 0 Å². The Hall–Kier alpha value is -6.04. The quantitative estimate of drug-likeness (QED) is 0.124. The number of rotatable bonds is 12. The van der Waals surface area contributed by atoms with Crippen LogP contribution in [-0.2, 0) is 43.4 Å². The lowest BCUT2D eigenvalue weighted by Gasteiger charge is -2.34. The molecule has 4 heterocycles. The topological polar surface area (TPSA) is 90.3 Å². The van der Waals surface area contributed by atoms with Gasteiger partial charge in [0.1, 0.15) is 36.5 Å². The maximum atomic E-state index is 9.46. The summed E-state index contributed by atoms with van der Waals surface area (Å²) in [6, 6.07) is 44.1. The van der Waals surface area contributed by atoms with Crippen molar-refractivity contribution in [3.8, 4) is 23.0 Å². The summed E-state index contributed by atoms with van der Waals surface area (Å²) < 4.78 is 24.6. The van der Waals surface area contributed by atoms with E-state index in [4.69, 9.17) is 18.9 Å². The third-order valence-electron chi connectivity index (χ3n) is 14.0. The van der Waals surface area contributed by atoms with Crippen LogP contribution in [0.2, 0.25) is 0 Å². The van der Waals surface area contributed by atoms with Gasteiger partial charge in [-0.3, -0.25) is 9.80 Å². The van der Waals surface area contributed by atoms with E-state index < -0.39 is 0 Å². The van der Waals surface area contributed by atoms with Gasteiger partial charge in [-0.2, -0.15) is 0 Å². The molecule has 0 atom stereocenters. The molecule has 0 saturated carbocycles. The van der Waals surface area contributed by atoms with E-state index in [1.165, 1.54) is 44.5 Å². The van der Waals surface area contributed by atoms with Crippen LogP contribution in [0.25, 0.3) is 0 Å². The van der Waals surface area contributed by atoms with Crippen LogP contribution in [0.1, 0.15) is 83.3 Å². The molecule has 0 unspecified atom stereocenters. The van der Waals surface area contributed by atoms with Crippen molar-refractivity contribution in [3.63, 3.8) is 0 Å². The first-order valence-corrected chi connectivity index (χ1v) is 22.9. The third-order valence-corrected chi connectivity index (χ3v) is 14.0. The van der Waals surface area contributed by atoms with Gasteiger partial charge in [0.2, 0.25) is 0 Å². The average molecular weight is 873 g/mol. The zero-order valence-corrected chi connectivity index (χ0v) is 38.1. The maximum Gasteiger partial charge on any atom is 0.161 e. The van der Waals surface area contributed by atoms with Crippen molar-refractivity contribution in [2.75, 3.05) is 63.0 Å². The van der Waals surface area contributed by atoms with Gasteiger partial charge in [0.15, 0.2) is 13.5 Å². The fourth-order valence-corrected chi connectivity index (χ4v) is 9.74. The van der Waals surface area contributed by atoms with Gasteiger partial charge < -0.3 is 39.0 Å². The fraction of sp³-hybridized carbons (Fsp3) is 0.345. The first-order chi connectivity index (χ1) is 31.5. The first kappa shape index (κ1) is 42.9. The number of ether oxygens (including phenoxy) is 4. The number of aliphatic hydroxyl groups is 2.